The maximum absolute atomic E-state index is 4.35. The molecule has 0 radical (unpaired) electrons. The van der Waals surface area contributed by atoms with Crippen molar-refractivity contribution in [2.75, 3.05) is 0 Å². The molecule has 1 rings (SSSR count). The highest BCUT2D eigenvalue weighted by atomic mass is 15.2. The number of aliphatic imine (C=N–C) groups is 1. The van der Waals surface area contributed by atoms with Crippen molar-refractivity contribution >= 4 is 5.71 Å². The lowest BCUT2D eigenvalue weighted by Crippen LogP contribution is -2.27. The number of hydrogen-bond donors (Lipinski definition) is 0. The van der Waals surface area contributed by atoms with Gasteiger partial charge in [-0.25, -0.2) is 4.99 Å². The van der Waals surface area contributed by atoms with Crippen LogP contribution in [-0.4, -0.2) is 16.7 Å². The Hall–Kier alpha value is -1.05. The van der Waals surface area contributed by atoms with Gasteiger partial charge >= 0.3 is 0 Å². The molecule has 1 heterocycles. The zero-order valence-corrected chi connectivity index (χ0v) is 8.26. The van der Waals surface area contributed by atoms with E-state index in [0.29, 0.717) is 6.04 Å². The first-order chi connectivity index (χ1) is 5.52. The van der Waals surface area contributed by atoms with Crippen LogP contribution in [0.25, 0.3) is 0 Å². The van der Waals surface area contributed by atoms with E-state index in [2.05, 4.69) is 43.4 Å². The molecule has 0 aromatic heterocycles. The van der Waals surface area contributed by atoms with Gasteiger partial charge in [0.1, 0.15) is 5.82 Å². The molecule has 66 valence electrons. The molecule has 0 aromatic carbocycles. The number of nitrogens with zero attached hydrogens (tertiary/aromatic N) is 2. The first-order valence-electron chi connectivity index (χ1n) is 4.23. The van der Waals surface area contributed by atoms with Gasteiger partial charge < -0.3 is 4.90 Å². The minimum Gasteiger partial charge on any atom is -0.331 e. The van der Waals surface area contributed by atoms with Crippen LogP contribution in [0.5, 0.6) is 0 Å². The molecule has 2 heteroatoms. The summed E-state index contributed by atoms with van der Waals surface area (Å²) in [4.78, 5) is 6.43. The Morgan fingerprint density at radius 1 is 1.42 bits per heavy atom. The summed E-state index contributed by atoms with van der Waals surface area (Å²) in [5.74, 6) is 0.841. The first-order valence-corrected chi connectivity index (χ1v) is 4.23. The van der Waals surface area contributed by atoms with Crippen molar-refractivity contribution in [3.63, 3.8) is 0 Å². The fourth-order valence-corrected chi connectivity index (χ4v) is 1.16. The summed E-state index contributed by atoms with van der Waals surface area (Å²) in [6.07, 6.45) is 2.11. The number of rotatable bonds is 1. The van der Waals surface area contributed by atoms with Crippen LogP contribution in [0.3, 0.4) is 0 Å². The van der Waals surface area contributed by atoms with Crippen LogP contribution in [0, 0.1) is 0 Å². The molecule has 0 saturated heterocycles. The monoisotopic (exact) mass is 164 g/mol. The van der Waals surface area contributed by atoms with Gasteiger partial charge in [0.25, 0.3) is 0 Å². The molecule has 1 aliphatic rings. The molecule has 0 aromatic rings. The quantitative estimate of drug-likeness (QED) is 0.581. The van der Waals surface area contributed by atoms with Crippen LogP contribution in [-0.2, 0) is 0 Å². The van der Waals surface area contributed by atoms with Crippen LogP contribution in [0.15, 0.2) is 29.2 Å². The predicted octanol–water partition coefficient (Wildman–Crippen LogP) is 2.55. The molecule has 0 amide bonds. The molecule has 0 bridgehead atoms. The van der Waals surface area contributed by atoms with Crippen molar-refractivity contribution in [1.29, 1.82) is 0 Å². The lowest BCUT2D eigenvalue weighted by atomic mass is 10.2. The SMILES string of the molecule is C=C1N=C(C)C(C)=CN1C(C)C. The second kappa shape index (κ2) is 3.13. The van der Waals surface area contributed by atoms with Gasteiger partial charge in [0.2, 0.25) is 0 Å². The summed E-state index contributed by atoms with van der Waals surface area (Å²) < 4.78 is 0. The molecule has 0 atom stereocenters. The summed E-state index contributed by atoms with van der Waals surface area (Å²) in [5.41, 5.74) is 2.29. The number of hydrogen-bond acceptors (Lipinski definition) is 2. The van der Waals surface area contributed by atoms with Gasteiger partial charge in [0.05, 0.1) is 0 Å². The summed E-state index contributed by atoms with van der Waals surface area (Å²) in [7, 11) is 0. The molecule has 0 saturated carbocycles. The molecule has 2 nitrogen and oxygen atoms in total. The van der Waals surface area contributed by atoms with Gasteiger partial charge in [-0.15, -0.1) is 0 Å². The zero-order chi connectivity index (χ0) is 9.30. The Kier molecular flexibility index (Phi) is 2.36. The van der Waals surface area contributed by atoms with Gasteiger partial charge in [-0.05, 0) is 33.3 Å². The Morgan fingerprint density at radius 2 is 2.00 bits per heavy atom. The molecule has 0 N–H and O–H groups in total. The average molecular weight is 164 g/mol. The standard InChI is InChI=1S/C10H16N2/c1-7(2)12-6-8(3)9(4)11-10(12)5/h6-7H,5H2,1-4H3. The van der Waals surface area contributed by atoms with Gasteiger partial charge in [0, 0.05) is 18.0 Å². The van der Waals surface area contributed by atoms with E-state index in [4.69, 9.17) is 0 Å². The van der Waals surface area contributed by atoms with Crippen LogP contribution >= 0.6 is 0 Å². The molecule has 0 fully saturated rings. The topological polar surface area (TPSA) is 15.6 Å². The molecule has 0 aliphatic carbocycles. The Balaban J connectivity index is 2.92. The van der Waals surface area contributed by atoms with Crippen LogP contribution < -0.4 is 0 Å². The molecule has 12 heavy (non-hydrogen) atoms. The van der Waals surface area contributed by atoms with Crippen LogP contribution in [0.4, 0.5) is 0 Å². The van der Waals surface area contributed by atoms with E-state index in [1.54, 1.807) is 0 Å². The molecule has 0 unspecified atom stereocenters. The number of allylic oxidation sites excluding steroid dienone is 1. The van der Waals surface area contributed by atoms with Gasteiger partial charge in [0.15, 0.2) is 0 Å². The maximum Gasteiger partial charge on any atom is 0.125 e. The van der Waals surface area contributed by atoms with Crippen molar-refractivity contribution in [3.05, 3.63) is 24.2 Å². The van der Waals surface area contributed by atoms with Gasteiger partial charge in [-0.2, -0.15) is 0 Å². The van der Waals surface area contributed by atoms with E-state index >= 15 is 0 Å². The fourth-order valence-electron chi connectivity index (χ4n) is 1.16. The highest BCUT2D eigenvalue weighted by Gasteiger charge is 2.13. The zero-order valence-electron chi connectivity index (χ0n) is 8.26. The molecule has 0 spiro atoms. The van der Waals surface area contributed by atoms with Crippen LogP contribution in [0.2, 0.25) is 0 Å². The van der Waals surface area contributed by atoms with Crippen molar-refractivity contribution in [2.24, 2.45) is 4.99 Å². The van der Waals surface area contributed by atoms with Crippen molar-refractivity contribution in [3.8, 4) is 0 Å². The smallest absolute Gasteiger partial charge is 0.125 e. The highest BCUT2D eigenvalue weighted by Crippen LogP contribution is 2.18. The third kappa shape index (κ3) is 1.58. The van der Waals surface area contributed by atoms with Gasteiger partial charge in [-0.3, -0.25) is 0 Å². The van der Waals surface area contributed by atoms with E-state index in [0.717, 1.165) is 11.5 Å². The second-order valence-electron chi connectivity index (χ2n) is 3.43. The Morgan fingerprint density at radius 3 is 2.50 bits per heavy atom. The first kappa shape index (κ1) is 9.04. The minimum absolute atomic E-state index is 0.435. The van der Waals surface area contributed by atoms with Crippen molar-refractivity contribution in [1.82, 2.24) is 4.90 Å². The average Bonchev–Trinajstić information content (AvgIpc) is 1.96. The van der Waals surface area contributed by atoms with Gasteiger partial charge in [-0.1, -0.05) is 6.58 Å². The highest BCUT2D eigenvalue weighted by molar-refractivity contribution is 5.98. The van der Waals surface area contributed by atoms with Crippen molar-refractivity contribution < 1.29 is 0 Å². The lowest BCUT2D eigenvalue weighted by molar-refractivity contribution is 0.377. The van der Waals surface area contributed by atoms with E-state index in [9.17, 15) is 0 Å². The van der Waals surface area contributed by atoms with Crippen molar-refractivity contribution in [2.45, 2.75) is 33.7 Å². The third-order valence-electron chi connectivity index (χ3n) is 2.05. The summed E-state index contributed by atoms with van der Waals surface area (Å²) in [5, 5.41) is 0. The van der Waals surface area contributed by atoms with E-state index < -0.39 is 0 Å². The van der Waals surface area contributed by atoms with Crippen LogP contribution in [0.1, 0.15) is 27.7 Å². The summed E-state index contributed by atoms with van der Waals surface area (Å²) >= 11 is 0. The van der Waals surface area contributed by atoms with E-state index in [1.807, 2.05) is 6.92 Å². The summed E-state index contributed by atoms with van der Waals surface area (Å²) in [6.45, 7) is 12.2. The minimum atomic E-state index is 0.435. The Bertz CT molecular complexity index is 259. The third-order valence-corrected chi connectivity index (χ3v) is 2.05. The predicted molar refractivity (Wildman–Crippen MR) is 53.0 cm³/mol. The summed E-state index contributed by atoms with van der Waals surface area (Å²) in [6, 6.07) is 0.435. The maximum atomic E-state index is 4.35. The Labute approximate surface area is 74.3 Å². The normalized spacial score (nSPS) is 18.1. The fraction of sp³-hybridized carbons (Fsp3) is 0.500. The second-order valence-corrected chi connectivity index (χ2v) is 3.43. The molecular weight excluding hydrogens is 148 g/mol. The largest absolute Gasteiger partial charge is 0.331 e. The van der Waals surface area contributed by atoms with E-state index in [-0.39, 0.29) is 0 Å². The lowest BCUT2D eigenvalue weighted by Gasteiger charge is -2.28. The molecule has 1 aliphatic heterocycles. The van der Waals surface area contributed by atoms with E-state index in [1.165, 1.54) is 5.57 Å². The molecular formula is C10H16N2.